The number of Topliss-reactive ketones (excluding diaryl/α,β-unsaturated/α-hetero) is 1. The normalized spacial score (nSPS) is 23.0. The summed E-state index contributed by atoms with van der Waals surface area (Å²) in [6.07, 6.45) is 9.66. The van der Waals surface area contributed by atoms with E-state index in [4.69, 9.17) is 9.47 Å². The quantitative estimate of drug-likeness (QED) is 0.593. The third kappa shape index (κ3) is 4.75. The Labute approximate surface area is 206 Å². The molecule has 1 aromatic carbocycles. The number of nitrogens with zero attached hydrogens (tertiary/aromatic N) is 1. The van der Waals surface area contributed by atoms with Gasteiger partial charge in [-0.2, -0.15) is 0 Å². The summed E-state index contributed by atoms with van der Waals surface area (Å²) in [6, 6.07) is 11.7. The highest BCUT2D eigenvalue weighted by Crippen LogP contribution is 2.46. The number of hydrogen-bond donors (Lipinski definition) is 1. The molecule has 1 N–H and O–H groups in total. The molecule has 2 atom stereocenters. The summed E-state index contributed by atoms with van der Waals surface area (Å²) >= 11 is 0. The number of ketones is 1. The van der Waals surface area contributed by atoms with Crippen molar-refractivity contribution < 1.29 is 19.1 Å². The van der Waals surface area contributed by atoms with Gasteiger partial charge in [-0.3, -0.25) is 9.78 Å². The van der Waals surface area contributed by atoms with E-state index in [2.05, 4.69) is 10.3 Å². The summed E-state index contributed by atoms with van der Waals surface area (Å²) in [5, 5.41) is 3.44. The smallest absolute Gasteiger partial charge is 0.337 e. The van der Waals surface area contributed by atoms with Gasteiger partial charge in [0, 0.05) is 41.7 Å². The van der Waals surface area contributed by atoms with E-state index >= 15 is 0 Å². The van der Waals surface area contributed by atoms with Crippen LogP contribution in [0.1, 0.15) is 74.8 Å². The summed E-state index contributed by atoms with van der Waals surface area (Å²) in [5.41, 5.74) is 4.88. The van der Waals surface area contributed by atoms with Crippen molar-refractivity contribution in [3.05, 3.63) is 82.5 Å². The molecule has 5 rings (SSSR count). The first-order valence-corrected chi connectivity index (χ1v) is 12.5. The van der Waals surface area contributed by atoms with E-state index in [1.807, 2.05) is 43.3 Å². The molecule has 2 aliphatic carbocycles. The minimum Gasteiger partial charge on any atom is -0.497 e. The standard InChI is InChI=1S/C29H32N2O4/c1-18-26(29(33)35-23-6-4-3-5-7-23)27(20-12-14-30-15-13-20)28-24(31-18)16-21(17-25(28)32)19-8-10-22(34-2)11-9-19/h8-15,21,23,27,31H,3-7,16-17H2,1-2H3/t21-,27+/m1/s1. The average Bonchev–Trinajstić information content (AvgIpc) is 2.88. The Morgan fingerprint density at radius 3 is 2.37 bits per heavy atom. The number of aromatic nitrogens is 1. The molecule has 0 radical (unpaired) electrons. The maximum absolute atomic E-state index is 13.7. The van der Waals surface area contributed by atoms with Crippen molar-refractivity contribution in [1.29, 1.82) is 0 Å². The minimum absolute atomic E-state index is 0.0495. The van der Waals surface area contributed by atoms with Gasteiger partial charge in [-0.15, -0.1) is 0 Å². The van der Waals surface area contributed by atoms with Crippen LogP contribution >= 0.6 is 0 Å². The molecule has 0 bridgehead atoms. The zero-order chi connectivity index (χ0) is 24.4. The van der Waals surface area contributed by atoms with Crippen LogP contribution in [0, 0.1) is 0 Å². The molecule has 1 aliphatic heterocycles. The molecule has 0 spiro atoms. The molecule has 2 aromatic rings. The van der Waals surface area contributed by atoms with Crippen molar-refractivity contribution in [2.45, 2.75) is 69.8 Å². The number of carbonyl (C=O) groups is 2. The third-order valence-corrected chi connectivity index (χ3v) is 7.50. The van der Waals surface area contributed by atoms with Crippen LogP contribution in [0.3, 0.4) is 0 Å². The molecule has 0 amide bonds. The number of nitrogens with one attached hydrogen (secondary N) is 1. The molecule has 6 heteroatoms. The molecule has 0 unspecified atom stereocenters. The topological polar surface area (TPSA) is 77.5 Å². The second-order valence-corrected chi connectivity index (χ2v) is 9.74. The van der Waals surface area contributed by atoms with E-state index < -0.39 is 5.92 Å². The number of esters is 1. The summed E-state index contributed by atoms with van der Waals surface area (Å²) in [4.78, 5) is 31.3. The molecule has 6 nitrogen and oxygen atoms in total. The predicted molar refractivity (Wildman–Crippen MR) is 133 cm³/mol. The van der Waals surface area contributed by atoms with Crippen LogP contribution in [0.4, 0.5) is 0 Å². The fourth-order valence-corrected chi connectivity index (χ4v) is 5.71. The predicted octanol–water partition coefficient (Wildman–Crippen LogP) is 5.33. The number of ether oxygens (including phenoxy) is 2. The molecule has 1 fully saturated rings. The number of carbonyl (C=O) groups excluding carboxylic acids is 2. The van der Waals surface area contributed by atoms with Crippen LogP contribution in [-0.2, 0) is 14.3 Å². The number of benzene rings is 1. The fourth-order valence-electron chi connectivity index (χ4n) is 5.71. The van der Waals surface area contributed by atoms with Gasteiger partial charge in [0.2, 0.25) is 0 Å². The van der Waals surface area contributed by atoms with Gasteiger partial charge in [-0.1, -0.05) is 18.6 Å². The first-order chi connectivity index (χ1) is 17.0. The van der Waals surface area contributed by atoms with Crippen LogP contribution in [0.25, 0.3) is 0 Å². The van der Waals surface area contributed by atoms with Crippen molar-refractivity contribution in [2.24, 2.45) is 0 Å². The maximum Gasteiger partial charge on any atom is 0.337 e. The lowest BCUT2D eigenvalue weighted by Crippen LogP contribution is -2.37. The van der Waals surface area contributed by atoms with E-state index in [1.165, 1.54) is 6.42 Å². The molecule has 0 saturated heterocycles. The number of methoxy groups -OCH3 is 1. The number of rotatable bonds is 5. The molecular weight excluding hydrogens is 440 g/mol. The van der Waals surface area contributed by atoms with Crippen molar-refractivity contribution >= 4 is 11.8 Å². The highest BCUT2D eigenvalue weighted by molar-refractivity contribution is 6.04. The van der Waals surface area contributed by atoms with Crippen molar-refractivity contribution in [1.82, 2.24) is 10.3 Å². The van der Waals surface area contributed by atoms with Gasteiger partial charge in [0.05, 0.1) is 12.7 Å². The van der Waals surface area contributed by atoms with E-state index in [1.54, 1.807) is 19.5 Å². The lowest BCUT2D eigenvalue weighted by molar-refractivity contribution is -0.146. The van der Waals surface area contributed by atoms with Gasteiger partial charge >= 0.3 is 5.97 Å². The largest absolute Gasteiger partial charge is 0.497 e. The van der Waals surface area contributed by atoms with Gasteiger partial charge in [0.25, 0.3) is 0 Å². The Morgan fingerprint density at radius 2 is 1.69 bits per heavy atom. The Bertz CT molecular complexity index is 1160. The number of allylic oxidation sites excluding steroid dienone is 3. The molecule has 3 aliphatic rings. The minimum atomic E-state index is -0.449. The molecule has 1 aromatic heterocycles. The van der Waals surface area contributed by atoms with Crippen molar-refractivity contribution in [3.8, 4) is 5.75 Å². The first kappa shape index (κ1) is 23.3. The Kier molecular flexibility index (Phi) is 6.71. The Morgan fingerprint density at radius 1 is 0.971 bits per heavy atom. The summed E-state index contributed by atoms with van der Waals surface area (Å²) < 4.78 is 11.3. The summed E-state index contributed by atoms with van der Waals surface area (Å²) in [6.45, 7) is 1.91. The van der Waals surface area contributed by atoms with Crippen LogP contribution in [0.5, 0.6) is 5.75 Å². The van der Waals surface area contributed by atoms with E-state index in [0.29, 0.717) is 24.0 Å². The molecule has 182 valence electrons. The molecule has 1 saturated carbocycles. The Balaban J connectivity index is 1.49. The number of dihydropyridines is 1. The number of pyridine rings is 1. The maximum atomic E-state index is 13.7. The zero-order valence-electron chi connectivity index (χ0n) is 20.4. The second-order valence-electron chi connectivity index (χ2n) is 9.74. The molecule has 35 heavy (non-hydrogen) atoms. The SMILES string of the molecule is COc1ccc([C@H]2CC(=O)C3=C(C2)NC(C)=C(C(=O)OC2CCCCC2)[C@@H]3c2ccncc2)cc1. The lowest BCUT2D eigenvalue weighted by Gasteiger charge is -2.37. The van der Waals surface area contributed by atoms with Gasteiger partial charge in [-0.25, -0.2) is 4.79 Å². The second kappa shape index (κ2) is 10.1. The average molecular weight is 473 g/mol. The first-order valence-electron chi connectivity index (χ1n) is 12.5. The number of hydrogen-bond acceptors (Lipinski definition) is 6. The zero-order valence-corrected chi connectivity index (χ0v) is 20.4. The van der Waals surface area contributed by atoms with E-state index in [0.717, 1.165) is 54.0 Å². The fraction of sp³-hybridized carbons (Fsp3) is 0.414. The third-order valence-electron chi connectivity index (χ3n) is 7.50. The van der Waals surface area contributed by atoms with Crippen LogP contribution in [0.2, 0.25) is 0 Å². The van der Waals surface area contributed by atoms with Gasteiger partial charge in [0.15, 0.2) is 5.78 Å². The van der Waals surface area contributed by atoms with Crippen molar-refractivity contribution in [2.75, 3.05) is 7.11 Å². The van der Waals surface area contributed by atoms with Crippen LogP contribution < -0.4 is 10.1 Å². The van der Waals surface area contributed by atoms with Gasteiger partial charge < -0.3 is 14.8 Å². The molecule has 2 heterocycles. The van der Waals surface area contributed by atoms with Gasteiger partial charge in [-0.05, 0) is 80.3 Å². The van der Waals surface area contributed by atoms with Gasteiger partial charge in [0.1, 0.15) is 11.9 Å². The van der Waals surface area contributed by atoms with Crippen LogP contribution in [0.15, 0.2) is 71.3 Å². The summed E-state index contributed by atoms with van der Waals surface area (Å²) in [7, 11) is 1.65. The van der Waals surface area contributed by atoms with Crippen molar-refractivity contribution in [3.63, 3.8) is 0 Å². The van der Waals surface area contributed by atoms with E-state index in [9.17, 15) is 9.59 Å². The van der Waals surface area contributed by atoms with E-state index in [-0.39, 0.29) is 23.8 Å². The monoisotopic (exact) mass is 472 g/mol. The van der Waals surface area contributed by atoms with Crippen LogP contribution in [-0.4, -0.2) is 30.0 Å². The highest BCUT2D eigenvalue weighted by atomic mass is 16.5. The summed E-state index contributed by atoms with van der Waals surface area (Å²) in [5.74, 6) is 0.164. The lowest BCUT2D eigenvalue weighted by atomic mass is 9.72. The Hall–Kier alpha value is -3.41. The highest BCUT2D eigenvalue weighted by Gasteiger charge is 2.41. The molecular formula is C29H32N2O4.